The van der Waals surface area contributed by atoms with Crippen molar-refractivity contribution in [2.45, 2.75) is 97.6 Å². The Morgan fingerprint density at radius 2 is 1.39 bits per heavy atom. The predicted molar refractivity (Wildman–Crippen MR) is 266 cm³/mol. The van der Waals surface area contributed by atoms with Gasteiger partial charge in [0, 0.05) is 54.5 Å². The molecule has 3 N–H and O–H groups in total. The van der Waals surface area contributed by atoms with E-state index in [1.54, 1.807) is 54.4 Å². The van der Waals surface area contributed by atoms with Gasteiger partial charge < -0.3 is 34.9 Å². The van der Waals surface area contributed by atoms with Gasteiger partial charge in [-0.2, -0.15) is 0 Å². The molecule has 3 atom stereocenters. The molecule has 0 aromatic heterocycles. The lowest BCUT2D eigenvalue weighted by atomic mass is 9.90. The summed E-state index contributed by atoms with van der Waals surface area (Å²) in [5.74, 6) is -0.226. The molecule has 4 aliphatic heterocycles. The van der Waals surface area contributed by atoms with Crippen LogP contribution >= 0.6 is 0 Å². The minimum Gasteiger partial charge on any atom is -0.493 e. The zero-order valence-corrected chi connectivity index (χ0v) is 40.2. The van der Waals surface area contributed by atoms with Crippen molar-refractivity contribution >= 4 is 64.7 Å². The average Bonchev–Trinajstić information content (AvgIpc) is 3.84. The van der Waals surface area contributed by atoms with Gasteiger partial charge in [-0.15, -0.1) is 0 Å². The number of rotatable bonds is 15. The highest BCUT2D eigenvalue weighted by Crippen LogP contribution is 2.44. The minimum absolute atomic E-state index is 0.000295. The summed E-state index contributed by atoms with van der Waals surface area (Å²) in [4.78, 5) is 80.0. The number of nitrogens with one attached hydrogen (secondary N) is 3. The number of carbonyl (C=O) groups is 5. The fourth-order valence-corrected chi connectivity index (χ4v) is 9.33. The highest BCUT2D eigenvalue weighted by Gasteiger charge is 2.39. The van der Waals surface area contributed by atoms with Crippen LogP contribution in [0, 0.1) is 5.41 Å². The summed E-state index contributed by atoms with van der Waals surface area (Å²) < 4.78 is 24.3. The maximum Gasteiger partial charge on any atom is 0.261 e. The van der Waals surface area contributed by atoms with Crippen LogP contribution in [0.4, 0.5) is 22.7 Å². The largest absolute Gasteiger partial charge is 0.493 e. The van der Waals surface area contributed by atoms with Gasteiger partial charge in [0.2, 0.25) is 17.7 Å². The molecule has 16 nitrogen and oxygen atoms in total. The first-order valence-electron chi connectivity index (χ1n) is 23.6. The lowest BCUT2D eigenvalue weighted by Crippen LogP contribution is -2.45. The molecule has 0 fully saturated rings. The van der Waals surface area contributed by atoms with E-state index in [1.165, 1.54) is 19.8 Å². The summed E-state index contributed by atoms with van der Waals surface area (Å²) in [6.07, 6.45) is 11.9. The van der Waals surface area contributed by atoms with Gasteiger partial charge >= 0.3 is 0 Å². The number of hydrogen-bond donors (Lipinski definition) is 3. The molecule has 4 aromatic rings. The molecule has 4 heterocycles. The summed E-state index contributed by atoms with van der Waals surface area (Å²) in [6, 6.07) is 18.5. The Labute approximate surface area is 406 Å². The summed E-state index contributed by atoms with van der Waals surface area (Å²) in [5, 5.41) is 8.19. The fourth-order valence-electron chi connectivity index (χ4n) is 9.33. The quantitative estimate of drug-likeness (QED) is 0.106. The molecule has 9 rings (SSSR count). The van der Waals surface area contributed by atoms with E-state index in [9.17, 15) is 24.0 Å². The van der Waals surface area contributed by atoms with Crippen molar-refractivity contribution in [3.63, 3.8) is 0 Å². The van der Waals surface area contributed by atoms with E-state index in [4.69, 9.17) is 28.9 Å². The number of nitrogens with zero attached hydrogens (tertiary/aromatic N) is 4. The number of benzene rings is 4. The number of aliphatic imine (C=N–C) groups is 2. The third-order valence-electron chi connectivity index (χ3n) is 13.0. The number of carbonyl (C=O) groups excluding carboxylic acids is 5. The van der Waals surface area contributed by atoms with E-state index < -0.39 is 17.9 Å². The predicted octanol–water partition coefficient (Wildman–Crippen LogP) is 8.07. The number of allylic oxidation sites excluding steroid dienone is 2. The highest BCUT2D eigenvalue weighted by molar-refractivity contribution is 6.15. The van der Waals surface area contributed by atoms with Gasteiger partial charge in [-0.25, -0.2) is 0 Å². The van der Waals surface area contributed by atoms with Crippen LogP contribution in [0.5, 0.6) is 23.0 Å². The standard InChI is InChI=1S/C54H57N7O9/c1-31(58-50(63)28-57-49(62)15-16-54(2,3)4)51(64)59-36-18-32(29-69-47-24-41-39(22-45(47)67-5)52(65)60-37(26-55-41)20-34-11-7-9-13-43(34)60)17-33(19-36)30-70-48-25-42-40(23-46(48)68-6)53(66)61-38(27-56-42)21-35-12-8-10-14-44(35)61/h7,9-11,13-14,17-19,22-27,31,37-38H,8,12,15-16,20-21,28-30H2,1-6H3,(H,57,62)(H,58,63)(H,59,64)/t31?,37?,38-/m0/s1. The van der Waals surface area contributed by atoms with Gasteiger partial charge in [-0.3, -0.25) is 43.8 Å². The fraction of sp³-hybridized carbons (Fsp3) is 0.352. The van der Waals surface area contributed by atoms with Gasteiger partial charge in [0.05, 0.1) is 55.3 Å². The van der Waals surface area contributed by atoms with E-state index >= 15 is 0 Å². The molecule has 16 heteroatoms. The van der Waals surface area contributed by atoms with Gasteiger partial charge in [-0.1, -0.05) is 45.0 Å². The Balaban J connectivity index is 0.945. The van der Waals surface area contributed by atoms with Crippen LogP contribution in [0.25, 0.3) is 0 Å². The van der Waals surface area contributed by atoms with Crippen molar-refractivity contribution in [1.29, 1.82) is 0 Å². The summed E-state index contributed by atoms with van der Waals surface area (Å²) in [6.45, 7) is 7.39. The Kier molecular flexibility index (Phi) is 13.3. The molecule has 0 bridgehead atoms. The van der Waals surface area contributed by atoms with Crippen LogP contribution < -0.4 is 39.8 Å². The second-order valence-electron chi connectivity index (χ2n) is 19.3. The first-order chi connectivity index (χ1) is 33.7. The van der Waals surface area contributed by atoms with Crippen molar-refractivity contribution in [3.05, 3.63) is 118 Å². The minimum atomic E-state index is -0.963. The molecule has 0 saturated heterocycles. The van der Waals surface area contributed by atoms with Crippen molar-refractivity contribution in [1.82, 2.24) is 15.5 Å². The normalized spacial score (nSPS) is 17.8. The van der Waals surface area contributed by atoms with Crippen molar-refractivity contribution in [3.8, 4) is 23.0 Å². The van der Waals surface area contributed by atoms with E-state index in [2.05, 4.69) is 22.0 Å². The molecular weight excluding hydrogens is 891 g/mol. The molecule has 5 amide bonds. The zero-order valence-electron chi connectivity index (χ0n) is 40.2. The van der Waals surface area contributed by atoms with E-state index in [0.717, 1.165) is 36.2 Å². The molecule has 0 spiro atoms. The van der Waals surface area contributed by atoms with E-state index in [1.807, 2.05) is 68.3 Å². The third-order valence-corrected chi connectivity index (χ3v) is 13.0. The molecule has 362 valence electrons. The molecule has 5 aliphatic rings. The number of hydrogen-bond acceptors (Lipinski definition) is 11. The van der Waals surface area contributed by atoms with Crippen LogP contribution in [0.15, 0.2) is 100 Å². The number of methoxy groups -OCH3 is 2. The van der Waals surface area contributed by atoms with E-state index in [-0.39, 0.29) is 61.4 Å². The second-order valence-corrected chi connectivity index (χ2v) is 19.3. The van der Waals surface area contributed by atoms with Crippen LogP contribution in [0.2, 0.25) is 0 Å². The summed E-state index contributed by atoms with van der Waals surface area (Å²) in [5.41, 5.74) is 7.44. The first kappa shape index (κ1) is 47.3. The molecule has 2 unspecified atom stereocenters. The first-order valence-corrected chi connectivity index (χ1v) is 23.6. The molecule has 70 heavy (non-hydrogen) atoms. The highest BCUT2D eigenvalue weighted by atomic mass is 16.5. The molecule has 0 radical (unpaired) electrons. The van der Waals surface area contributed by atoms with Gasteiger partial charge in [0.25, 0.3) is 11.8 Å². The maximum atomic E-state index is 14.1. The lowest BCUT2D eigenvalue weighted by molar-refractivity contribution is -0.128. The van der Waals surface area contributed by atoms with Crippen LogP contribution in [-0.4, -0.2) is 85.8 Å². The number of ether oxygens (including phenoxy) is 4. The van der Waals surface area contributed by atoms with E-state index in [0.29, 0.717) is 75.2 Å². The third kappa shape index (κ3) is 10.0. The summed E-state index contributed by atoms with van der Waals surface area (Å²) in [7, 11) is 3.01. The van der Waals surface area contributed by atoms with Crippen LogP contribution in [-0.2, 0) is 34.0 Å². The summed E-state index contributed by atoms with van der Waals surface area (Å²) >= 11 is 0. The second kappa shape index (κ2) is 19.7. The Morgan fingerprint density at radius 3 is 2.01 bits per heavy atom. The molecular formula is C54H57N7O9. The van der Waals surface area contributed by atoms with Crippen LogP contribution in [0.1, 0.15) is 97.2 Å². The lowest BCUT2D eigenvalue weighted by Gasteiger charge is -2.24. The number of amides is 5. The monoisotopic (exact) mass is 947 g/mol. The topological polar surface area (TPSA) is 190 Å². The average molecular weight is 948 g/mol. The Morgan fingerprint density at radius 1 is 0.771 bits per heavy atom. The van der Waals surface area contributed by atoms with Crippen molar-refractivity contribution < 1.29 is 42.9 Å². The smallest absolute Gasteiger partial charge is 0.261 e. The van der Waals surface area contributed by atoms with Crippen LogP contribution in [0.3, 0.4) is 0 Å². The Hall–Kier alpha value is -7.75. The van der Waals surface area contributed by atoms with Gasteiger partial charge in [0.15, 0.2) is 23.0 Å². The van der Waals surface area contributed by atoms with Gasteiger partial charge in [-0.05, 0) is 103 Å². The zero-order chi connectivity index (χ0) is 49.3. The Bertz CT molecular complexity index is 2910. The number of fused-ring (bicyclic) bond motifs is 7. The van der Waals surface area contributed by atoms with Gasteiger partial charge in [0.1, 0.15) is 19.3 Å². The molecule has 0 saturated carbocycles. The van der Waals surface area contributed by atoms with Crippen molar-refractivity contribution in [2.75, 3.05) is 31.0 Å². The number of para-hydroxylation sites is 1. The SMILES string of the molecule is COc1cc2c(cc1OCc1cc(COc3cc4c(cc3OC)C(=O)N3C5=C(CCC=C5)C[C@H]3C=N4)cc(NC(=O)C(C)NC(=O)CNC(=O)CCC(C)(C)C)c1)N=CC1Cc3ccccc3N1C2=O. The van der Waals surface area contributed by atoms with Crippen molar-refractivity contribution in [2.24, 2.45) is 15.4 Å². The maximum absolute atomic E-state index is 14.1. The number of anilines is 2. The molecule has 1 aliphatic carbocycles. The molecule has 4 aromatic carbocycles.